The van der Waals surface area contributed by atoms with E-state index in [1.165, 1.54) is 0 Å². The molecular formula is C14H24ClN3O. The Bertz CT molecular complexity index is 400. The fourth-order valence-corrected chi connectivity index (χ4v) is 2.10. The number of alkyl halides is 1. The first kappa shape index (κ1) is 16.0. The average molecular weight is 286 g/mol. The van der Waals surface area contributed by atoms with Gasteiger partial charge >= 0.3 is 0 Å². The molecule has 108 valence electrons. The second kappa shape index (κ2) is 7.53. The molecule has 5 heteroatoms. The molecule has 0 saturated heterocycles. The SMILES string of the molecule is CCCOc1cc(C)nc(NC(C)(CC)CCCl)n1. The van der Waals surface area contributed by atoms with Crippen molar-refractivity contribution in [2.75, 3.05) is 17.8 Å². The number of ether oxygens (including phenoxy) is 1. The van der Waals surface area contributed by atoms with Crippen LogP contribution in [-0.2, 0) is 0 Å². The maximum Gasteiger partial charge on any atom is 0.226 e. The Balaban J connectivity index is 2.84. The third-order valence-corrected chi connectivity index (χ3v) is 3.31. The van der Waals surface area contributed by atoms with Gasteiger partial charge in [-0.1, -0.05) is 13.8 Å². The van der Waals surface area contributed by atoms with Gasteiger partial charge in [0.25, 0.3) is 0 Å². The van der Waals surface area contributed by atoms with E-state index in [9.17, 15) is 0 Å². The molecule has 0 amide bonds. The molecule has 1 aromatic rings. The number of nitrogens with one attached hydrogen (secondary N) is 1. The number of halogens is 1. The van der Waals surface area contributed by atoms with Gasteiger partial charge in [-0.3, -0.25) is 0 Å². The lowest BCUT2D eigenvalue weighted by Crippen LogP contribution is -2.35. The number of anilines is 1. The van der Waals surface area contributed by atoms with E-state index in [0.29, 0.717) is 24.3 Å². The van der Waals surface area contributed by atoms with E-state index in [-0.39, 0.29) is 5.54 Å². The van der Waals surface area contributed by atoms with E-state index in [4.69, 9.17) is 16.3 Å². The van der Waals surface area contributed by atoms with E-state index in [1.54, 1.807) is 0 Å². The fourth-order valence-electron chi connectivity index (χ4n) is 1.68. The summed E-state index contributed by atoms with van der Waals surface area (Å²) in [5.74, 6) is 1.85. The van der Waals surface area contributed by atoms with Crippen LogP contribution in [0.4, 0.5) is 5.95 Å². The van der Waals surface area contributed by atoms with Crippen LogP contribution in [0.1, 0.15) is 45.7 Å². The summed E-state index contributed by atoms with van der Waals surface area (Å²) in [6.07, 6.45) is 2.79. The Morgan fingerprint density at radius 2 is 2.11 bits per heavy atom. The smallest absolute Gasteiger partial charge is 0.226 e. The highest BCUT2D eigenvalue weighted by Crippen LogP contribution is 2.22. The molecule has 0 aliphatic carbocycles. The zero-order valence-electron chi connectivity index (χ0n) is 12.3. The molecule has 1 rings (SSSR count). The molecule has 0 saturated carbocycles. The van der Waals surface area contributed by atoms with Gasteiger partial charge in [-0.05, 0) is 33.1 Å². The molecule has 1 N–H and O–H groups in total. The van der Waals surface area contributed by atoms with Gasteiger partial charge in [0.2, 0.25) is 11.8 Å². The van der Waals surface area contributed by atoms with Gasteiger partial charge in [0.1, 0.15) is 0 Å². The first-order valence-corrected chi connectivity index (χ1v) is 7.39. The van der Waals surface area contributed by atoms with Gasteiger partial charge in [-0.15, -0.1) is 11.6 Å². The molecule has 4 nitrogen and oxygen atoms in total. The molecule has 0 aromatic carbocycles. The predicted octanol–water partition coefficient (Wildman–Crippen LogP) is 3.78. The number of rotatable bonds is 8. The van der Waals surface area contributed by atoms with E-state index in [2.05, 4.69) is 36.1 Å². The van der Waals surface area contributed by atoms with Crippen LogP contribution < -0.4 is 10.1 Å². The standard InChI is InChI=1S/C14H24ClN3O/c1-5-9-19-12-10-11(3)16-13(17-12)18-14(4,6-2)7-8-15/h10H,5-9H2,1-4H3,(H,16,17,18). The molecule has 1 heterocycles. The van der Waals surface area contributed by atoms with Crippen molar-refractivity contribution >= 4 is 17.5 Å². The summed E-state index contributed by atoms with van der Waals surface area (Å²) >= 11 is 5.86. The minimum absolute atomic E-state index is 0.0857. The zero-order valence-corrected chi connectivity index (χ0v) is 13.0. The number of nitrogens with zero attached hydrogens (tertiary/aromatic N) is 2. The van der Waals surface area contributed by atoms with Crippen molar-refractivity contribution in [1.29, 1.82) is 0 Å². The molecule has 1 atom stereocenters. The van der Waals surface area contributed by atoms with Gasteiger partial charge in [0, 0.05) is 23.2 Å². The van der Waals surface area contributed by atoms with Crippen molar-refractivity contribution in [2.24, 2.45) is 0 Å². The molecule has 0 fully saturated rings. The highest BCUT2D eigenvalue weighted by atomic mass is 35.5. The first-order chi connectivity index (χ1) is 9.03. The fraction of sp³-hybridized carbons (Fsp3) is 0.714. The van der Waals surface area contributed by atoms with Crippen LogP contribution in [0.5, 0.6) is 5.88 Å². The van der Waals surface area contributed by atoms with Gasteiger partial charge < -0.3 is 10.1 Å². The van der Waals surface area contributed by atoms with Crippen molar-refractivity contribution in [2.45, 2.75) is 52.5 Å². The van der Waals surface area contributed by atoms with Crippen molar-refractivity contribution in [1.82, 2.24) is 9.97 Å². The Morgan fingerprint density at radius 1 is 1.37 bits per heavy atom. The van der Waals surface area contributed by atoms with Crippen LogP contribution in [0, 0.1) is 6.92 Å². The van der Waals surface area contributed by atoms with E-state index in [0.717, 1.165) is 25.0 Å². The summed E-state index contributed by atoms with van der Waals surface area (Å²) in [5.41, 5.74) is 0.810. The second-order valence-electron chi connectivity index (χ2n) is 5.00. The molecule has 1 unspecified atom stereocenters. The van der Waals surface area contributed by atoms with Gasteiger partial charge in [-0.2, -0.15) is 4.98 Å². The number of aryl methyl sites for hydroxylation is 1. The van der Waals surface area contributed by atoms with Crippen LogP contribution >= 0.6 is 11.6 Å². The van der Waals surface area contributed by atoms with Gasteiger partial charge in [0.15, 0.2) is 0 Å². The average Bonchev–Trinajstić information content (AvgIpc) is 2.36. The molecule has 19 heavy (non-hydrogen) atoms. The lowest BCUT2D eigenvalue weighted by Gasteiger charge is -2.29. The summed E-state index contributed by atoms with van der Waals surface area (Å²) < 4.78 is 5.57. The Labute approximate surface area is 120 Å². The summed E-state index contributed by atoms with van der Waals surface area (Å²) in [5, 5.41) is 3.38. The topological polar surface area (TPSA) is 47.0 Å². The summed E-state index contributed by atoms with van der Waals surface area (Å²) in [4.78, 5) is 8.81. The van der Waals surface area contributed by atoms with Crippen LogP contribution in [0.2, 0.25) is 0 Å². The van der Waals surface area contributed by atoms with Crippen LogP contribution in [0.15, 0.2) is 6.07 Å². The van der Waals surface area contributed by atoms with E-state index >= 15 is 0 Å². The lowest BCUT2D eigenvalue weighted by atomic mass is 9.96. The van der Waals surface area contributed by atoms with Gasteiger partial charge in [-0.25, -0.2) is 4.98 Å². The predicted molar refractivity (Wildman–Crippen MR) is 80.2 cm³/mol. The number of hydrogen-bond donors (Lipinski definition) is 1. The molecule has 0 aliphatic rings. The monoisotopic (exact) mass is 285 g/mol. The van der Waals surface area contributed by atoms with E-state index in [1.807, 2.05) is 13.0 Å². The normalized spacial score (nSPS) is 13.9. The zero-order chi connectivity index (χ0) is 14.3. The maximum atomic E-state index is 5.86. The molecule has 0 radical (unpaired) electrons. The second-order valence-corrected chi connectivity index (χ2v) is 5.38. The van der Waals surface area contributed by atoms with Crippen molar-refractivity contribution in [3.63, 3.8) is 0 Å². The molecule has 0 bridgehead atoms. The van der Waals surface area contributed by atoms with Crippen molar-refractivity contribution < 1.29 is 4.74 Å². The Morgan fingerprint density at radius 3 is 2.68 bits per heavy atom. The van der Waals surface area contributed by atoms with E-state index < -0.39 is 0 Å². The number of aromatic nitrogens is 2. The Hall–Kier alpha value is -1.03. The summed E-state index contributed by atoms with van der Waals surface area (Å²) in [7, 11) is 0. The third kappa shape index (κ3) is 5.23. The quantitative estimate of drug-likeness (QED) is 0.738. The van der Waals surface area contributed by atoms with Gasteiger partial charge in [0.05, 0.1) is 6.61 Å². The van der Waals surface area contributed by atoms with Crippen LogP contribution in [0.25, 0.3) is 0 Å². The lowest BCUT2D eigenvalue weighted by molar-refractivity contribution is 0.304. The minimum atomic E-state index is -0.0857. The summed E-state index contributed by atoms with van der Waals surface area (Å²) in [6.45, 7) is 8.94. The molecule has 0 spiro atoms. The molecular weight excluding hydrogens is 262 g/mol. The van der Waals surface area contributed by atoms with Crippen LogP contribution in [0.3, 0.4) is 0 Å². The summed E-state index contributed by atoms with van der Waals surface area (Å²) in [6, 6.07) is 1.85. The highest BCUT2D eigenvalue weighted by Gasteiger charge is 2.22. The minimum Gasteiger partial charge on any atom is -0.478 e. The molecule has 1 aromatic heterocycles. The largest absolute Gasteiger partial charge is 0.478 e. The third-order valence-electron chi connectivity index (χ3n) is 3.12. The van der Waals surface area contributed by atoms with Crippen molar-refractivity contribution in [3.8, 4) is 5.88 Å². The highest BCUT2D eigenvalue weighted by molar-refractivity contribution is 6.17. The Kier molecular flexibility index (Phi) is 6.35. The van der Waals surface area contributed by atoms with Crippen LogP contribution in [-0.4, -0.2) is 28.0 Å². The number of hydrogen-bond acceptors (Lipinski definition) is 4. The van der Waals surface area contributed by atoms with Crippen molar-refractivity contribution in [3.05, 3.63) is 11.8 Å². The first-order valence-electron chi connectivity index (χ1n) is 6.85. The maximum absolute atomic E-state index is 5.86. The molecule has 0 aliphatic heterocycles.